The number of benzene rings is 2. The molecule has 0 bridgehead atoms. The molecule has 0 spiro atoms. The van der Waals surface area contributed by atoms with Gasteiger partial charge in [-0.05, 0) is 74.4 Å². The zero-order chi connectivity index (χ0) is 19.8. The molecule has 2 aromatic rings. The highest BCUT2D eigenvalue weighted by atomic mass is 127. The van der Waals surface area contributed by atoms with Gasteiger partial charge in [-0.25, -0.2) is 5.43 Å². The largest absolute Gasteiger partial charge is 0.496 e. The van der Waals surface area contributed by atoms with E-state index in [2.05, 4.69) is 55.6 Å². The van der Waals surface area contributed by atoms with Crippen LogP contribution in [0.15, 0.2) is 52.6 Å². The van der Waals surface area contributed by atoms with E-state index in [1.165, 1.54) is 6.21 Å². The number of nitrogens with one attached hydrogen (secondary N) is 1. The number of rotatable bonds is 8. The first-order chi connectivity index (χ1) is 13.0. The standard InChI is InChI=1S/C19H18BrIN2O4/c1-4-7-27-18-14(20)8-12(9-17(18)26-3)11-22-23-19(24)13-5-6-15(21)16(10-13)25-2/h4-6,8-11H,1,7H2,2-3H3,(H,23,24)/b22-11-. The van der Waals surface area contributed by atoms with E-state index in [1.807, 2.05) is 12.1 Å². The molecule has 0 fully saturated rings. The van der Waals surface area contributed by atoms with Crippen molar-refractivity contribution in [3.8, 4) is 17.2 Å². The van der Waals surface area contributed by atoms with Crippen molar-refractivity contribution in [1.29, 1.82) is 0 Å². The molecule has 0 heterocycles. The number of halogens is 2. The fourth-order valence-electron chi connectivity index (χ4n) is 2.13. The summed E-state index contributed by atoms with van der Waals surface area (Å²) in [5.41, 5.74) is 3.68. The van der Waals surface area contributed by atoms with Crippen LogP contribution in [0, 0.1) is 3.57 Å². The third kappa shape index (κ3) is 5.70. The summed E-state index contributed by atoms with van der Waals surface area (Å²) in [6.07, 6.45) is 3.17. The lowest BCUT2D eigenvalue weighted by atomic mass is 10.2. The van der Waals surface area contributed by atoms with Gasteiger partial charge in [0, 0.05) is 5.56 Å². The van der Waals surface area contributed by atoms with Crippen LogP contribution in [0.3, 0.4) is 0 Å². The normalized spacial score (nSPS) is 10.5. The molecule has 27 heavy (non-hydrogen) atoms. The fraction of sp³-hybridized carbons (Fsp3) is 0.158. The maximum atomic E-state index is 12.2. The highest BCUT2D eigenvalue weighted by Crippen LogP contribution is 2.36. The molecule has 0 aliphatic rings. The minimum absolute atomic E-state index is 0.335. The number of ether oxygens (including phenoxy) is 3. The monoisotopic (exact) mass is 544 g/mol. The molecule has 1 amide bonds. The maximum absolute atomic E-state index is 12.2. The second-order valence-corrected chi connectivity index (χ2v) is 7.20. The minimum Gasteiger partial charge on any atom is -0.496 e. The van der Waals surface area contributed by atoms with Crippen LogP contribution in [0.4, 0.5) is 0 Å². The van der Waals surface area contributed by atoms with Gasteiger partial charge in [0.25, 0.3) is 5.91 Å². The van der Waals surface area contributed by atoms with E-state index in [4.69, 9.17) is 14.2 Å². The van der Waals surface area contributed by atoms with Gasteiger partial charge in [-0.1, -0.05) is 12.7 Å². The van der Waals surface area contributed by atoms with Crippen LogP contribution in [0.25, 0.3) is 0 Å². The Kier molecular flexibility index (Phi) is 8.11. The Balaban J connectivity index is 2.12. The van der Waals surface area contributed by atoms with E-state index < -0.39 is 0 Å². The highest BCUT2D eigenvalue weighted by Gasteiger charge is 2.11. The molecule has 1 N–H and O–H groups in total. The van der Waals surface area contributed by atoms with Crippen LogP contribution in [0.1, 0.15) is 15.9 Å². The number of nitrogens with zero attached hydrogens (tertiary/aromatic N) is 1. The van der Waals surface area contributed by atoms with Crippen molar-refractivity contribution in [1.82, 2.24) is 5.43 Å². The summed E-state index contributed by atoms with van der Waals surface area (Å²) in [6.45, 7) is 3.98. The zero-order valence-electron chi connectivity index (χ0n) is 14.8. The van der Waals surface area contributed by atoms with Gasteiger partial charge in [0.05, 0.1) is 28.5 Å². The predicted octanol–water partition coefficient (Wildman–Crippen LogP) is 4.40. The molecule has 6 nitrogen and oxygen atoms in total. The van der Waals surface area contributed by atoms with Gasteiger partial charge in [0.1, 0.15) is 12.4 Å². The minimum atomic E-state index is -0.335. The number of carbonyl (C=O) groups excluding carboxylic acids is 1. The number of hydrazone groups is 1. The van der Waals surface area contributed by atoms with Crippen molar-refractivity contribution in [3.05, 3.63) is 62.2 Å². The average Bonchev–Trinajstić information content (AvgIpc) is 2.67. The first-order valence-corrected chi connectivity index (χ1v) is 9.65. The van der Waals surface area contributed by atoms with Gasteiger partial charge >= 0.3 is 0 Å². The Morgan fingerprint density at radius 2 is 2.00 bits per heavy atom. The van der Waals surface area contributed by atoms with Crippen LogP contribution in [0.5, 0.6) is 17.2 Å². The summed E-state index contributed by atoms with van der Waals surface area (Å²) >= 11 is 5.59. The summed E-state index contributed by atoms with van der Waals surface area (Å²) in [5.74, 6) is 1.42. The van der Waals surface area contributed by atoms with Crippen molar-refractivity contribution in [3.63, 3.8) is 0 Å². The van der Waals surface area contributed by atoms with Crippen LogP contribution >= 0.6 is 38.5 Å². The maximum Gasteiger partial charge on any atom is 0.271 e. The van der Waals surface area contributed by atoms with Crippen molar-refractivity contribution >= 4 is 50.6 Å². The molecule has 0 aromatic heterocycles. The molecule has 142 valence electrons. The van der Waals surface area contributed by atoms with Gasteiger partial charge in [0.2, 0.25) is 0 Å². The Morgan fingerprint density at radius 1 is 1.26 bits per heavy atom. The fourth-order valence-corrected chi connectivity index (χ4v) is 3.26. The number of hydrogen-bond acceptors (Lipinski definition) is 5. The third-order valence-corrected chi connectivity index (χ3v) is 4.87. The van der Waals surface area contributed by atoms with E-state index in [0.717, 1.165) is 9.13 Å². The van der Waals surface area contributed by atoms with Gasteiger partial charge in [-0.2, -0.15) is 5.10 Å². The Hall–Kier alpha value is -2.07. The van der Waals surface area contributed by atoms with Crippen molar-refractivity contribution in [2.75, 3.05) is 20.8 Å². The Morgan fingerprint density at radius 3 is 2.67 bits per heavy atom. The Labute approximate surface area is 179 Å². The van der Waals surface area contributed by atoms with Gasteiger partial charge in [-0.15, -0.1) is 0 Å². The molecular formula is C19H18BrIN2O4. The van der Waals surface area contributed by atoms with Gasteiger partial charge in [-0.3, -0.25) is 4.79 Å². The lowest BCUT2D eigenvalue weighted by Gasteiger charge is -2.12. The van der Waals surface area contributed by atoms with Crippen LogP contribution < -0.4 is 19.6 Å². The molecule has 8 heteroatoms. The van der Waals surface area contributed by atoms with E-state index in [1.54, 1.807) is 38.5 Å². The summed E-state index contributed by atoms with van der Waals surface area (Å²) in [7, 11) is 3.11. The highest BCUT2D eigenvalue weighted by molar-refractivity contribution is 14.1. The number of hydrogen-bond donors (Lipinski definition) is 1. The van der Waals surface area contributed by atoms with Crippen LogP contribution in [-0.2, 0) is 0 Å². The first kappa shape index (κ1) is 21.2. The van der Waals surface area contributed by atoms with E-state index in [0.29, 0.717) is 33.9 Å². The smallest absolute Gasteiger partial charge is 0.271 e. The second kappa shape index (κ2) is 10.3. The van der Waals surface area contributed by atoms with Gasteiger partial charge < -0.3 is 14.2 Å². The first-order valence-electron chi connectivity index (χ1n) is 7.78. The summed E-state index contributed by atoms with van der Waals surface area (Å²) in [4.78, 5) is 12.2. The molecule has 0 radical (unpaired) electrons. The molecule has 0 saturated heterocycles. The van der Waals surface area contributed by atoms with Crippen molar-refractivity contribution in [2.24, 2.45) is 5.10 Å². The zero-order valence-corrected chi connectivity index (χ0v) is 18.5. The van der Waals surface area contributed by atoms with Gasteiger partial charge in [0.15, 0.2) is 11.5 Å². The van der Waals surface area contributed by atoms with Crippen LogP contribution in [-0.4, -0.2) is 32.9 Å². The SMILES string of the molecule is C=CCOc1c(Br)cc(/C=N\NC(=O)c2ccc(I)c(OC)c2)cc1OC. The number of methoxy groups -OCH3 is 2. The number of amides is 1. The van der Waals surface area contributed by atoms with E-state index >= 15 is 0 Å². The molecule has 2 rings (SSSR count). The summed E-state index contributed by atoms with van der Waals surface area (Å²) in [5, 5.41) is 4.00. The molecule has 0 saturated carbocycles. The van der Waals surface area contributed by atoms with E-state index in [-0.39, 0.29) is 5.91 Å². The number of carbonyl (C=O) groups is 1. The molecule has 2 aromatic carbocycles. The molecule has 0 aliphatic heterocycles. The second-order valence-electron chi connectivity index (χ2n) is 5.18. The quantitative estimate of drug-likeness (QED) is 0.231. The molecule has 0 aliphatic carbocycles. The van der Waals surface area contributed by atoms with E-state index in [9.17, 15) is 4.79 Å². The summed E-state index contributed by atoms with van der Waals surface area (Å²) in [6, 6.07) is 8.75. The summed E-state index contributed by atoms with van der Waals surface area (Å²) < 4.78 is 17.8. The lowest BCUT2D eigenvalue weighted by molar-refractivity contribution is 0.0954. The topological polar surface area (TPSA) is 69.2 Å². The van der Waals surface area contributed by atoms with Crippen molar-refractivity contribution in [2.45, 2.75) is 0 Å². The molecule has 0 atom stereocenters. The Bertz CT molecular complexity index is 871. The average molecular weight is 545 g/mol. The molecular weight excluding hydrogens is 527 g/mol. The predicted molar refractivity (Wildman–Crippen MR) is 117 cm³/mol. The van der Waals surface area contributed by atoms with Crippen LogP contribution in [0.2, 0.25) is 0 Å². The third-order valence-electron chi connectivity index (χ3n) is 3.39. The lowest BCUT2D eigenvalue weighted by Crippen LogP contribution is -2.17. The molecule has 0 unspecified atom stereocenters. The van der Waals surface area contributed by atoms with Crippen molar-refractivity contribution < 1.29 is 19.0 Å².